The van der Waals surface area contributed by atoms with Gasteiger partial charge in [0.2, 0.25) is 0 Å². The summed E-state index contributed by atoms with van der Waals surface area (Å²) < 4.78 is 25.1. The van der Waals surface area contributed by atoms with Gasteiger partial charge in [-0.3, -0.25) is 0 Å². The Morgan fingerprint density at radius 2 is 1.85 bits per heavy atom. The number of benzene rings is 1. The van der Waals surface area contributed by atoms with Crippen LogP contribution in [-0.4, -0.2) is 13.7 Å². The molecule has 27 heavy (non-hydrogen) atoms. The molecule has 0 spiro atoms. The van der Waals surface area contributed by atoms with E-state index in [1.807, 2.05) is 25.1 Å². The van der Waals surface area contributed by atoms with E-state index < -0.39 is 15.1 Å². The van der Waals surface area contributed by atoms with Gasteiger partial charge in [-0.1, -0.05) is 73.6 Å². The average molecular weight is 385 g/mol. The molecule has 0 saturated carbocycles. The molecule has 1 atom stereocenters. The standard InChI is InChI=1S/C24H32O2S/c1-19(16-17-23-20(2)12-10-18-24(23,4)5)11-9-13-21(3)27(25,26)22-14-7-6-8-15-22/h6-9,11,13-17,21H,10,12,18H2,1-5H3. The highest BCUT2D eigenvalue weighted by atomic mass is 32.2. The van der Waals surface area contributed by atoms with Crippen LogP contribution in [0.25, 0.3) is 0 Å². The molecule has 2 nitrogen and oxygen atoms in total. The van der Waals surface area contributed by atoms with E-state index in [1.54, 1.807) is 37.3 Å². The van der Waals surface area contributed by atoms with Crippen LogP contribution in [-0.2, 0) is 9.84 Å². The number of sulfone groups is 1. The van der Waals surface area contributed by atoms with Crippen LogP contribution in [0.4, 0.5) is 0 Å². The highest BCUT2D eigenvalue weighted by Gasteiger charge is 2.26. The van der Waals surface area contributed by atoms with E-state index in [-0.39, 0.29) is 5.41 Å². The molecule has 146 valence electrons. The summed E-state index contributed by atoms with van der Waals surface area (Å²) in [6.45, 7) is 10.6. The Labute approximate surface area is 165 Å². The van der Waals surface area contributed by atoms with Crippen molar-refractivity contribution >= 4 is 9.84 Å². The minimum absolute atomic E-state index is 0.229. The molecule has 0 bridgehead atoms. The van der Waals surface area contributed by atoms with Crippen molar-refractivity contribution in [1.82, 2.24) is 0 Å². The van der Waals surface area contributed by atoms with Crippen LogP contribution >= 0.6 is 0 Å². The molecule has 1 aromatic rings. The van der Waals surface area contributed by atoms with Gasteiger partial charge in [-0.05, 0) is 63.2 Å². The Bertz CT molecular complexity index is 866. The van der Waals surface area contributed by atoms with Crippen LogP contribution in [0, 0.1) is 5.41 Å². The number of allylic oxidation sites excluding steroid dienone is 7. The third-order valence-electron chi connectivity index (χ3n) is 5.36. The van der Waals surface area contributed by atoms with E-state index in [0.29, 0.717) is 4.90 Å². The van der Waals surface area contributed by atoms with Gasteiger partial charge in [0, 0.05) is 0 Å². The maximum Gasteiger partial charge on any atom is 0.184 e. The largest absolute Gasteiger partial charge is 0.223 e. The Hall–Kier alpha value is -1.87. The molecule has 0 N–H and O–H groups in total. The second-order valence-corrected chi connectivity index (χ2v) is 10.4. The van der Waals surface area contributed by atoms with Gasteiger partial charge in [-0.15, -0.1) is 0 Å². The highest BCUT2D eigenvalue weighted by molar-refractivity contribution is 7.92. The zero-order valence-corrected chi connectivity index (χ0v) is 18.0. The summed E-state index contributed by atoms with van der Waals surface area (Å²) in [5, 5.41) is -0.560. The first-order chi connectivity index (χ1) is 12.6. The second-order valence-electron chi connectivity index (χ2n) is 8.12. The lowest BCUT2D eigenvalue weighted by molar-refractivity contribution is 0.377. The van der Waals surface area contributed by atoms with Crippen LogP contribution in [0.2, 0.25) is 0 Å². The molecule has 0 radical (unpaired) electrons. The fourth-order valence-corrected chi connectivity index (χ4v) is 4.84. The molecule has 1 aromatic carbocycles. The van der Waals surface area contributed by atoms with Gasteiger partial charge in [0.05, 0.1) is 10.1 Å². The van der Waals surface area contributed by atoms with Crippen LogP contribution in [0.1, 0.15) is 53.9 Å². The SMILES string of the molecule is CC(C=CC1=C(C)CCCC1(C)C)=CC=CC(C)S(=O)(=O)c1ccccc1. The predicted octanol–water partition coefficient (Wildman–Crippen LogP) is 6.43. The van der Waals surface area contributed by atoms with Crippen molar-refractivity contribution in [3.8, 4) is 0 Å². The maximum atomic E-state index is 12.6. The number of hydrogen-bond acceptors (Lipinski definition) is 2. The first kappa shape index (κ1) is 21.4. The molecule has 2 rings (SSSR count). The molecule has 0 aromatic heterocycles. The fraction of sp³-hybridized carbons (Fsp3) is 0.417. The molecule has 1 aliphatic rings. The second kappa shape index (κ2) is 8.88. The lowest BCUT2D eigenvalue weighted by atomic mass is 9.72. The number of hydrogen-bond donors (Lipinski definition) is 0. The fourth-order valence-electron chi connectivity index (χ4n) is 3.57. The zero-order valence-electron chi connectivity index (χ0n) is 17.2. The Kier molecular flexibility index (Phi) is 7.05. The minimum Gasteiger partial charge on any atom is -0.223 e. The third-order valence-corrected chi connectivity index (χ3v) is 7.42. The lowest BCUT2D eigenvalue weighted by Crippen LogP contribution is -2.19. The van der Waals surface area contributed by atoms with E-state index in [9.17, 15) is 8.42 Å². The zero-order chi connectivity index (χ0) is 20.1. The summed E-state index contributed by atoms with van der Waals surface area (Å²) in [4.78, 5) is 0.365. The highest BCUT2D eigenvalue weighted by Crippen LogP contribution is 2.40. The Balaban J connectivity index is 2.09. The van der Waals surface area contributed by atoms with Gasteiger partial charge in [0.25, 0.3) is 0 Å². The minimum atomic E-state index is -3.33. The summed E-state index contributed by atoms with van der Waals surface area (Å²) in [5.41, 5.74) is 4.25. The van der Waals surface area contributed by atoms with Crippen molar-refractivity contribution in [2.75, 3.05) is 0 Å². The van der Waals surface area contributed by atoms with E-state index in [1.165, 1.54) is 30.4 Å². The third kappa shape index (κ3) is 5.55. The molecule has 0 heterocycles. The smallest absolute Gasteiger partial charge is 0.184 e. The van der Waals surface area contributed by atoms with Crippen LogP contribution < -0.4 is 0 Å². The van der Waals surface area contributed by atoms with Crippen molar-refractivity contribution in [3.63, 3.8) is 0 Å². The molecular formula is C24H32O2S. The molecule has 0 saturated heterocycles. The van der Waals surface area contributed by atoms with Gasteiger partial charge in [0.1, 0.15) is 0 Å². The molecule has 3 heteroatoms. The van der Waals surface area contributed by atoms with Gasteiger partial charge in [0.15, 0.2) is 9.84 Å². The van der Waals surface area contributed by atoms with E-state index in [0.717, 1.165) is 5.57 Å². The van der Waals surface area contributed by atoms with E-state index >= 15 is 0 Å². The molecule has 1 unspecified atom stereocenters. The Morgan fingerprint density at radius 3 is 2.48 bits per heavy atom. The number of rotatable bonds is 6. The first-order valence-corrected chi connectivity index (χ1v) is 11.2. The van der Waals surface area contributed by atoms with Crippen LogP contribution in [0.5, 0.6) is 0 Å². The van der Waals surface area contributed by atoms with E-state index in [2.05, 4.69) is 32.9 Å². The quantitative estimate of drug-likeness (QED) is 0.529. The predicted molar refractivity (Wildman–Crippen MR) is 115 cm³/mol. The van der Waals surface area contributed by atoms with E-state index in [4.69, 9.17) is 0 Å². The van der Waals surface area contributed by atoms with Crippen molar-refractivity contribution in [2.24, 2.45) is 5.41 Å². The van der Waals surface area contributed by atoms with Crippen molar-refractivity contribution < 1.29 is 8.42 Å². The molecular weight excluding hydrogens is 352 g/mol. The van der Waals surface area contributed by atoms with Gasteiger partial charge in [-0.2, -0.15) is 0 Å². The lowest BCUT2D eigenvalue weighted by Gasteiger charge is -2.32. The van der Waals surface area contributed by atoms with Gasteiger partial charge in [-0.25, -0.2) is 8.42 Å². The maximum absolute atomic E-state index is 12.6. The molecule has 0 fully saturated rings. The normalized spacial score (nSPS) is 19.8. The monoisotopic (exact) mass is 384 g/mol. The van der Waals surface area contributed by atoms with Crippen molar-refractivity contribution in [2.45, 2.75) is 64.0 Å². The molecule has 0 amide bonds. The molecule has 1 aliphatic carbocycles. The van der Waals surface area contributed by atoms with Gasteiger partial charge < -0.3 is 0 Å². The van der Waals surface area contributed by atoms with Gasteiger partial charge >= 0.3 is 0 Å². The topological polar surface area (TPSA) is 34.1 Å². The average Bonchev–Trinajstić information content (AvgIpc) is 2.61. The first-order valence-electron chi connectivity index (χ1n) is 9.67. The summed E-state index contributed by atoms with van der Waals surface area (Å²) in [5.74, 6) is 0. The Morgan fingerprint density at radius 1 is 1.19 bits per heavy atom. The summed E-state index contributed by atoms with van der Waals surface area (Å²) >= 11 is 0. The summed E-state index contributed by atoms with van der Waals surface area (Å²) in [7, 11) is -3.33. The van der Waals surface area contributed by atoms with Crippen molar-refractivity contribution in [3.05, 3.63) is 77.4 Å². The van der Waals surface area contributed by atoms with Crippen LogP contribution in [0.15, 0.2) is 82.3 Å². The summed E-state index contributed by atoms with van der Waals surface area (Å²) in [6, 6.07) is 8.61. The van der Waals surface area contributed by atoms with Crippen molar-refractivity contribution in [1.29, 1.82) is 0 Å². The summed E-state index contributed by atoms with van der Waals surface area (Å²) in [6.07, 6.45) is 13.6. The molecule has 0 aliphatic heterocycles. The van der Waals surface area contributed by atoms with Crippen LogP contribution in [0.3, 0.4) is 0 Å².